The fraction of sp³-hybridized carbons (Fsp3) is 0.455. The number of nitrogens with one attached hydrogen (secondary N) is 1. The van der Waals surface area contributed by atoms with E-state index in [0.717, 1.165) is 0 Å². The Balaban J connectivity index is 2.81. The van der Waals surface area contributed by atoms with Crippen LogP contribution in [0.25, 0.3) is 0 Å². The number of hydrogen-bond acceptors (Lipinski definition) is 5. The van der Waals surface area contributed by atoms with Crippen LogP contribution in [0, 0.1) is 0 Å². The summed E-state index contributed by atoms with van der Waals surface area (Å²) < 4.78 is 9.77. The van der Waals surface area contributed by atoms with Crippen molar-refractivity contribution in [1.82, 2.24) is 5.32 Å². The summed E-state index contributed by atoms with van der Waals surface area (Å²) >= 11 is 1.18. The van der Waals surface area contributed by atoms with Gasteiger partial charge in [0.15, 0.2) is 5.54 Å². The second kappa shape index (κ2) is 5.83. The molecule has 100 valence electrons. The van der Waals surface area contributed by atoms with Crippen LogP contribution < -0.4 is 10.1 Å². The van der Waals surface area contributed by atoms with Crippen LogP contribution in [0.1, 0.15) is 16.6 Å². The van der Waals surface area contributed by atoms with Crippen LogP contribution in [-0.2, 0) is 9.53 Å². The van der Waals surface area contributed by atoms with Crippen molar-refractivity contribution in [1.29, 1.82) is 0 Å². The maximum atomic E-state index is 11.9. The van der Waals surface area contributed by atoms with Crippen LogP contribution in [0.4, 0.5) is 0 Å². The molecule has 1 aromatic rings. The van der Waals surface area contributed by atoms with Crippen molar-refractivity contribution in [3.63, 3.8) is 0 Å². The summed E-state index contributed by atoms with van der Waals surface area (Å²) in [5.74, 6) is -1.06. The lowest BCUT2D eigenvalue weighted by atomic mass is 10.0. The molecule has 0 aromatic carbocycles. The average molecular weight is 273 g/mol. The first-order chi connectivity index (χ1) is 8.42. The maximum Gasteiger partial charge on any atom is 0.331 e. The van der Waals surface area contributed by atoms with Crippen LogP contribution in [0.3, 0.4) is 0 Å². The third-order valence-electron chi connectivity index (χ3n) is 2.33. The summed E-state index contributed by atoms with van der Waals surface area (Å²) in [6.07, 6.45) is 0. The molecule has 0 saturated heterocycles. The lowest BCUT2D eigenvalue weighted by Crippen LogP contribution is -2.55. The molecule has 7 heteroatoms. The van der Waals surface area contributed by atoms with Gasteiger partial charge in [0.2, 0.25) is 0 Å². The Labute approximate surface area is 109 Å². The fourth-order valence-electron chi connectivity index (χ4n) is 1.30. The summed E-state index contributed by atoms with van der Waals surface area (Å²) in [5.41, 5.74) is -1.46. The molecule has 1 aromatic heterocycles. The number of carboxylic acid groups (broad SMARTS) is 1. The Kier molecular flexibility index (Phi) is 4.69. The van der Waals surface area contributed by atoms with E-state index in [1.807, 2.05) is 0 Å². The number of carbonyl (C=O) groups is 2. The van der Waals surface area contributed by atoms with Gasteiger partial charge in [0.1, 0.15) is 5.75 Å². The van der Waals surface area contributed by atoms with E-state index in [0.29, 0.717) is 10.6 Å². The minimum atomic E-state index is -1.46. The number of hydrogen-bond donors (Lipinski definition) is 2. The van der Waals surface area contributed by atoms with Crippen LogP contribution >= 0.6 is 11.3 Å². The van der Waals surface area contributed by atoms with Gasteiger partial charge in [-0.15, -0.1) is 11.3 Å². The van der Waals surface area contributed by atoms with E-state index in [1.54, 1.807) is 11.4 Å². The molecule has 0 fully saturated rings. The van der Waals surface area contributed by atoms with Gasteiger partial charge in [-0.25, -0.2) is 4.79 Å². The second-order valence-corrected chi connectivity index (χ2v) is 4.79. The number of aliphatic carboxylic acids is 1. The van der Waals surface area contributed by atoms with Gasteiger partial charge in [0.05, 0.1) is 18.6 Å². The highest BCUT2D eigenvalue weighted by molar-refractivity contribution is 7.12. The third-order valence-corrected chi connectivity index (χ3v) is 3.24. The molecule has 0 spiro atoms. The number of methoxy groups -OCH3 is 2. The molecule has 6 nitrogen and oxygen atoms in total. The molecule has 0 saturated carbocycles. The molecule has 0 aliphatic rings. The van der Waals surface area contributed by atoms with Gasteiger partial charge in [0, 0.05) is 18.6 Å². The highest BCUT2D eigenvalue weighted by Gasteiger charge is 2.35. The lowest BCUT2D eigenvalue weighted by Gasteiger charge is -2.24. The van der Waals surface area contributed by atoms with Gasteiger partial charge in [-0.2, -0.15) is 0 Å². The first-order valence-corrected chi connectivity index (χ1v) is 5.98. The number of ether oxygens (including phenoxy) is 2. The molecule has 1 heterocycles. The maximum absolute atomic E-state index is 11.9. The van der Waals surface area contributed by atoms with Gasteiger partial charge in [-0.1, -0.05) is 0 Å². The van der Waals surface area contributed by atoms with E-state index >= 15 is 0 Å². The SMILES string of the molecule is COCC(C)(NC(=O)c1cc(OC)cs1)C(=O)O. The number of thiophene rings is 1. The zero-order chi connectivity index (χ0) is 13.8. The van der Waals surface area contributed by atoms with Crippen molar-refractivity contribution in [2.75, 3.05) is 20.8 Å². The average Bonchev–Trinajstić information content (AvgIpc) is 2.77. The molecule has 0 aliphatic carbocycles. The number of rotatable bonds is 6. The molecule has 2 N–H and O–H groups in total. The Morgan fingerprint density at radius 2 is 2.17 bits per heavy atom. The summed E-state index contributed by atoms with van der Waals surface area (Å²) in [6.45, 7) is 1.28. The third kappa shape index (κ3) is 3.21. The van der Waals surface area contributed by atoms with Crippen LogP contribution in [0.15, 0.2) is 11.4 Å². The normalized spacial score (nSPS) is 13.7. The highest BCUT2D eigenvalue weighted by Crippen LogP contribution is 2.21. The zero-order valence-electron chi connectivity index (χ0n) is 10.4. The smallest absolute Gasteiger partial charge is 0.331 e. The standard InChI is InChI=1S/C11H15NO5S/c1-11(6-16-2,10(14)15)12-9(13)8-4-7(17-3)5-18-8/h4-5H,6H2,1-3H3,(H,12,13)(H,14,15). The molecular formula is C11H15NO5S. The predicted octanol–water partition coefficient (Wildman–Crippen LogP) is 0.976. The summed E-state index contributed by atoms with van der Waals surface area (Å²) in [6, 6.07) is 1.55. The molecule has 18 heavy (non-hydrogen) atoms. The molecule has 0 aliphatic heterocycles. The Morgan fingerprint density at radius 3 is 2.61 bits per heavy atom. The molecule has 1 unspecified atom stereocenters. The zero-order valence-corrected chi connectivity index (χ0v) is 11.2. The summed E-state index contributed by atoms with van der Waals surface area (Å²) in [7, 11) is 2.87. The van der Waals surface area contributed by atoms with E-state index < -0.39 is 17.4 Å². The van der Waals surface area contributed by atoms with E-state index in [9.17, 15) is 9.59 Å². The van der Waals surface area contributed by atoms with Gasteiger partial charge in [-0.05, 0) is 6.92 Å². The van der Waals surface area contributed by atoms with Gasteiger partial charge < -0.3 is 19.9 Å². The van der Waals surface area contributed by atoms with Crippen LogP contribution in [0.5, 0.6) is 5.75 Å². The largest absolute Gasteiger partial charge is 0.496 e. The Morgan fingerprint density at radius 1 is 1.50 bits per heavy atom. The number of carbonyl (C=O) groups excluding carboxylic acids is 1. The number of carboxylic acids is 1. The lowest BCUT2D eigenvalue weighted by molar-refractivity contribution is -0.145. The minimum Gasteiger partial charge on any atom is -0.496 e. The van der Waals surface area contributed by atoms with Crippen molar-refractivity contribution in [2.45, 2.75) is 12.5 Å². The molecule has 1 rings (SSSR count). The minimum absolute atomic E-state index is 0.115. The summed E-state index contributed by atoms with van der Waals surface area (Å²) in [5, 5.41) is 13.2. The van der Waals surface area contributed by atoms with Gasteiger partial charge in [0.25, 0.3) is 5.91 Å². The van der Waals surface area contributed by atoms with E-state index in [-0.39, 0.29) is 6.61 Å². The number of amides is 1. The predicted molar refractivity (Wildman–Crippen MR) is 66.3 cm³/mol. The molecule has 0 bridgehead atoms. The van der Waals surface area contributed by atoms with Crippen LogP contribution in [0.2, 0.25) is 0 Å². The van der Waals surface area contributed by atoms with Crippen molar-refractivity contribution < 1.29 is 24.2 Å². The molecule has 1 amide bonds. The topological polar surface area (TPSA) is 84.9 Å². The van der Waals surface area contributed by atoms with E-state index in [2.05, 4.69) is 5.32 Å². The first-order valence-electron chi connectivity index (χ1n) is 5.10. The Hall–Kier alpha value is -1.60. The summed E-state index contributed by atoms with van der Waals surface area (Å²) in [4.78, 5) is 23.4. The fourth-order valence-corrected chi connectivity index (χ4v) is 2.05. The van der Waals surface area contributed by atoms with Crippen molar-refractivity contribution >= 4 is 23.2 Å². The van der Waals surface area contributed by atoms with Gasteiger partial charge in [-0.3, -0.25) is 4.79 Å². The molecule has 0 radical (unpaired) electrons. The quantitative estimate of drug-likeness (QED) is 0.807. The van der Waals surface area contributed by atoms with Crippen molar-refractivity contribution in [3.8, 4) is 5.75 Å². The Bertz CT molecular complexity index is 444. The highest BCUT2D eigenvalue weighted by atomic mass is 32.1. The van der Waals surface area contributed by atoms with E-state index in [1.165, 1.54) is 32.5 Å². The molecule has 1 atom stereocenters. The second-order valence-electron chi connectivity index (χ2n) is 3.88. The molecular weight excluding hydrogens is 258 g/mol. The van der Waals surface area contributed by atoms with Crippen molar-refractivity contribution in [3.05, 3.63) is 16.3 Å². The monoisotopic (exact) mass is 273 g/mol. The van der Waals surface area contributed by atoms with Crippen molar-refractivity contribution in [2.24, 2.45) is 0 Å². The first kappa shape index (κ1) is 14.5. The van der Waals surface area contributed by atoms with Gasteiger partial charge >= 0.3 is 5.97 Å². The van der Waals surface area contributed by atoms with E-state index in [4.69, 9.17) is 14.6 Å². The van der Waals surface area contributed by atoms with Crippen LogP contribution in [-0.4, -0.2) is 43.3 Å².